The lowest BCUT2D eigenvalue weighted by atomic mass is 10.3. The molecule has 0 radical (unpaired) electrons. The third-order valence-electron chi connectivity index (χ3n) is 4.39. The quantitative estimate of drug-likeness (QED) is 0.180. The van der Waals surface area contributed by atoms with Crippen LogP contribution in [-0.2, 0) is 19.4 Å². The molecule has 8 heteroatoms. The fourth-order valence-electron chi connectivity index (χ4n) is 3.00. The summed E-state index contributed by atoms with van der Waals surface area (Å²) in [7, 11) is 0. The van der Waals surface area contributed by atoms with Gasteiger partial charge in [-0.25, -0.2) is 0 Å². The molecular formula is C21H30IN5OS. The molecule has 0 amide bonds. The van der Waals surface area contributed by atoms with Crippen molar-refractivity contribution < 1.29 is 4.42 Å². The van der Waals surface area contributed by atoms with Crippen LogP contribution < -0.4 is 10.6 Å². The number of halogens is 1. The van der Waals surface area contributed by atoms with E-state index in [2.05, 4.69) is 50.9 Å². The van der Waals surface area contributed by atoms with E-state index < -0.39 is 0 Å². The Hall–Kier alpha value is -1.81. The molecule has 0 aliphatic carbocycles. The Morgan fingerprint density at radius 3 is 2.66 bits per heavy atom. The van der Waals surface area contributed by atoms with Crippen LogP contribution in [0.3, 0.4) is 0 Å². The summed E-state index contributed by atoms with van der Waals surface area (Å²) in [5.74, 6) is 1.84. The van der Waals surface area contributed by atoms with Gasteiger partial charge in [-0.2, -0.15) is 5.10 Å². The summed E-state index contributed by atoms with van der Waals surface area (Å²) in [6.45, 7) is 7.42. The van der Waals surface area contributed by atoms with Gasteiger partial charge in [0.05, 0.1) is 12.0 Å². The van der Waals surface area contributed by atoms with Gasteiger partial charge in [-0.05, 0) is 56.3 Å². The standard InChI is InChI=1S/C21H29N5OS.HI/c1-17-16-18(2)26(25-17)13-5-10-22-21(23-11-8-19-6-3-14-27-19)24-12-9-20-7-4-15-28-20;/h3-4,6-7,14-16H,5,8-13H2,1-2H3,(H2,22,23,24);1H. The van der Waals surface area contributed by atoms with E-state index in [9.17, 15) is 0 Å². The number of thiophene rings is 1. The van der Waals surface area contributed by atoms with Crippen molar-refractivity contribution in [2.45, 2.75) is 39.7 Å². The van der Waals surface area contributed by atoms with E-state index in [1.165, 1.54) is 10.6 Å². The first-order chi connectivity index (χ1) is 13.7. The number of nitrogens with zero attached hydrogens (tertiary/aromatic N) is 3. The van der Waals surface area contributed by atoms with Crippen molar-refractivity contribution in [1.82, 2.24) is 20.4 Å². The van der Waals surface area contributed by atoms with Crippen molar-refractivity contribution in [2.75, 3.05) is 19.6 Å². The van der Waals surface area contributed by atoms with E-state index in [1.54, 1.807) is 17.6 Å². The van der Waals surface area contributed by atoms with Crippen LogP contribution in [0.4, 0.5) is 0 Å². The lowest BCUT2D eigenvalue weighted by Crippen LogP contribution is -2.39. The summed E-state index contributed by atoms with van der Waals surface area (Å²) in [6, 6.07) is 10.3. The van der Waals surface area contributed by atoms with Crippen molar-refractivity contribution in [3.05, 3.63) is 64.0 Å². The smallest absolute Gasteiger partial charge is 0.191 e. The summed E-state index contributed by atoms with van der Waals surface area (Å²) in [6.07, 6.45) is 4.51. The first kappa shape index (κ1) is 23.5. The van der Waals surface area contributed by atoms with Crippen LogP contribution in [0.15, 0.2) is 51.4 Å². The van der Waals surface area contributed by atoms with Gasteiger partial charge in [-0.3, -0.25) is 9.67 Å². The number of hydrogen-bond donors (Lipinski definition) is 2. The van der Waals surface area contributed by atoms with E-state index in [4.69, 9.17) is 9.41 Å². The summed E-state index contributed by atoms with van der Waals surface area (Å²) < 4.78 is 7.45. The van der Waals surface area contributed by atoms with Crippen LogP contribution in [-0.4, -0.2) is 35.4 Å². The minimum Gasteiger partial charge on any atom is -0.469 e. The van der Waals surface area contributed by atoms with Crippen LogP contribution in [0.1, 0.15) is 28.4 Å². The second-order valence-electron chi connectivity index (χ2n) is 6.75. The van der Waals surface area contributed by atoms with Crippen molar-refractivity contribution in [3.63, 3.8) is 0 Å². The van der Waals surface area contributed by atoms with E-state index >= 15 is 0 Å². The van der Waals surface area contributed by atoms with Crippen LogP contribution in [0.2, 0.25) is 0 Å². The minimum absolute atomic E-state index is 0. The van der Waals surface area contributed by atoms with Gasteiger partial charge in [-0.15, -0.1) is 35.3 Å². The van der Waals surface area contributed by atoms with Crippen LogP contribution in [0.5, 0.6) is 0 Å². The third-order valence-corrected chi connectivity index (χ3v) is 5.33. The zero-order chi connectivity index (χ0) is 19.6. The van der Waals surface area contributed by atoms with Gasteiger partial charge in [0.25, 0.3) is 0 Å². The average molecular weight is 527 g/mol. The van der Waals surface area contributed by atoms with E-state index in [0.29, 0.717) is 0 Å². The van der Waals surface area contributed by atoms with Crippen molar-refractivity contribution in [2.24, 2.45) is 4.99 Å². The molecule has 3 rings (SSSR count). The van der Waals surface area contributed by atoms with E-state index in [0.717, 1.165) is 62.9 Å². The number of rotatable bonds is 10. The normalized spacial score (nSPS) is 11.3. The molecule has 3 aromatic heterocycles. The average Bonchev–Trinajstić information content (AvgIpc) is 3.42. The Balaban J connectivity index is 0.00000300. The van der Waals surface area contributed by atoms with Crippen LogP contribution >= 0.6 is 35.3 Å². The summed E-state index contributed by atoms with van der Waals surface area (Å²) >= 11 is 1.79. The van der Waals surface area contributed by atoms with Gasteiger partial charge in [0, 0.05) is 43.2 Å². The second-order valence-corrected chi connectivity index (χ2v) is 7.78. The Labute approximate surface area is 193 Å². The molecule has 0 bridgehead atoms. The number of aromatic nitrogens is 2. The van der Waals surface area contributed by atoms with Crippen molar-refractivity contribution in [3.8, 4) is 0 Å². The first-order valence-corrected chi connectivity index (χ1v) is 10.7. The van der Waals surface area contributed by atoms with Gasteiger partial charge in [-0.1, -0.05) is 6.07 Å². The number of furan rings is 1. The second kappa shape index (κ2) is 12.7. The lowest BCUT2D eigenvalue weighted by molar-refractivity contribution is 0.506. The summed E-state index contributed by atoms with van der Waals surface area (Å²) in [5, 5.41) is 13.5. The fourth-order valence-corrected chi connectivity index (χ4v) is 3.71. The Kier molecular flexibility index (Phi) is 10.3. The Bertz CT molecular complexity index is 800. The molecule has 0 aromatic carbocycles. The predicted octanol–water partition coefficient (Wildman–Crippen LogP) is 4.18. The number of nitrogens with one attached hydrogen (secondary N) is 2. The molecule has 0 atom stereocenters. The minimum atomic E-state index is 0. The topological polar surface area (TPSA) is 67.4 Å². The number of aliphatic imine (C=N–C) groups is 1. The molecule has 3 heterocycles. The molecule has 0 unspecified atom stereocenters. The molecule has 0 aliphatic heterocycles. The maximum absolute atomic E-state index is 5.40. The molecule has 0 fully saturated rings. The maximum Gasteiger partial charge on any atom is 0.191 e. The van der Waals surface area contributed by atoms with Gasteiger partial charge in [0.1, 0.15) is 5.76 Å². The fraction of sp³-hybridized carbons (Fsp3) is 0.429. The van der Waals surface area contributed by atoms with Crippen LogP contribution in [0.25, 0.3) is 0 Å². The van der Waals surface area contributed by atoms with Gasteiger partial charge >= 0.3 is 0 Å². The monoisotopic (exact) mass is 527 g/mol. The third kappa shape index (κ3) is 8.22. The zero-order valence-electron chi connectivity index (χ0n) is 17.1. The first-order valence-electron chi connectivity index (χ1n) is 9.79. The highest BCUT2D eigenvalue weighted by Crippen LogP contribution is 2.08. The highest BCUT2D eigenvalue weighted by Gasteiger charge is 2.03. The van der Waals surface area contributed by atoms with Gasteiger partial charge in [0.15, 0.2) is 5.96 Å². The van der Waals surface area contributed by atoms with E-state index in [-0.39, 0.29) is 24.0 Å². The Morgan fingerprint density at radius 1 is 1.17 bits per heavy atom. The number of hydrogen-bond acceptors (Lipinski definition) is 4. The molecule has 2 N–H and O–H groups in total. The molecular weight excluding hydrogens is 497 g/mol. The SMILES string of the molecule is Cc1cc(C)n(CCCN=C(NCCc2ccco2)NCCc2cccs2)n1.I. The molecule has 158 valence electrons. The molecule has 29 heavy (non-hydrogen) atoms. The maximum atomic E-state index is 5.40. The number of aryl methyl sites for hydroxylation is 3. The molecule has 6 nitrogen and oxygen atoms in total. The number of guanidine groups is 1. The van der Waals surface area contributed by atoms with Crippen molar-refractivity contribution in [1.29, 1.82) is 0 Å². The largest absolute Gasteiger partial charge is 0.469 e. The molecule has 0 spiro atoms. The highest BCUT2D eigenvalue weighted by atomic mass is 127. The van der Waals surface area contributed by atoms with Crippen LogP contribution in [0, 0.1) is 13.8 Å². The summed E-state index contributed by atoms with van der Waals surface area (Å²) in [4.78, 5) is 6.12. The van der Waals surface area contributed by atoms with Crippen molar-refractivity contribution >= 4 is 41.3 Å². The van der Waals surface area contributed by atoms with Gasteiger partial charge < -0.3 is 15.1 Å². The highest BCUT2D eigenvalue weighted by molar-refractivity contribution is 14.0. The molecule has 0 saturated carbocycles. The molecule has 3 aromatic rings. The predicted molar refractivity (Wildman–Crippen MR) is 130 cm³/mol. The Morgan fingerprint density at radius 2 is 2.00 bits per heavy atom. The molecule has 0 aliphatic rings. The zero-order valence-corrected chi connectivity index (χ0v) is 20.2. The summed E-state index contributed by atoms with van der Waals surface area (Å²) in [5.41, 5.74) is 2.27. The van der Waals surface area contributed by atoms with E-state index in [1.807, 2.05) is 19.1 Å². The molecule has 0 saturated heterocycles. The van der Waals surface area contributed by atoms with Gasteiger partial charge in [0.2, 0.25) is 0 Å². The lowest BCUT2D eigenvalue weighted by Gasteiger charge is -2.12.